The van der Waals surface area contributed by atoms with Gasteiger partial charge in [0.1, 0.15) is 5.60 Å². The van der Waals surface area contributed by atoms with Crippen LogP contribution in [0, 0.1) is 5.92 Å². The van der Waals surface area contributed by atoms with E-state index in [0.29, 0.717) is 11.3 Å². The third-order valence-corrected chi connectivity index (χ3v) is 5.32. The average molecular weight is 418 g/mol. The summed E-state index contributed by atoms with van der Waals surface area (Å²) in [7, 11) is 2.89. The number of methoxy groups -OCH3 is 2. The number of phenolic OH excluding ortho intramolecular Hbond substituents is 2. The van der Waals surface area contributed by atoms with Crippen molar-refractivity contribution < 1.29 is 39.1 Å². The molecular formula is C22H26O8. The lowest BCUT2D eigenvalue weighted by molar-refractivity contribution is -0.145. The Hall–Kier alpha value is -2.97. The van der Waals surface area contributed by atoms with Crippen LogP contribution in [-0.2, 0) is 20.7 Å². The normalized spacial score (nSPS) is 23.2. The fraction of sp³-hybridized carbons (Fsp3) is 0.409. The summed E-state index contributed by atoms with van der Waals surface area (Å²) in [4.78, 5) is 11.4. The molecule has 3 N–H and O–H groups in total. The first-order valence-corrected chi connectivity index (χ1v) is 9.47. The molecule has 0 amide bonds. The number of rotatable bonds is 7. The molecule has 30 heavy (non-hydrogen) atoms. The van der Waals surface area contributed by atoms with Crippen molar-refractivity contribution in [2.75, 3.05) is 27.4 Å². The highest BCUT2D eigenvalue weighted by Crippen LogP contribution is 2.45. The van der Waals surface area contributed by atoms with Crippen molar-refractivity contribution in [2.24, 2.45) is 5.92 Å². The van der Waals surface area contributed by atoms with Crippen LogP contribution in [0.2, 0.25) is 0 Å². The molecular weight excluding hydrogens is 392 g/mol. The summed E-state index contributed by atoms with van der Waals surface area (Å²) in [5.41, 5.74) is 0.0706. The summed E-state index contributed by atoms with van der Waals surface area (Å²) in [6.45, 7) is 1.27. The molecule has 1 heterocycles. The molecule has 2 aromatic carbocycles. The summed E-state index contributed by atoms with van der Waals surface area (Å²) >= 11 is 0. The number of phenols is 2. The molecule has 0 saturated carbocycles. The molecule has 0 unspecified atom stereocenters. The Balaban J connectivity index is 1.92. The van der Waals surface area contributed by atoms with Crippen LogP contribution in [0.15, 0.2) is 36.4 Å². The summed E-state index contributed by atoms with van der Waals surface area (Å²) in [5, 5.41) is 31.2. The van der Waals surface area contributed by atoms with E-state index in [0.717, 1.165) is 5.56 Å². The van der Waals surface area contributed by atoms with Crippen LogP contribution in [-0.4, -0.2) is 54.3 Å². The molecule has 0 aliphatic carbocycles. The zero-order valence-electron chi connectivity index (χ0n) is 17.1. The number of carbonyl (C=O) groups is 1. The lowest BCUT2D eigenvalue weighted by Gasteiger charge is -2.30. The first-order chi connectivity index (χ1) is 14.3. The van der Waals surface area contributed by atoms with Crippen LogP contribution in [0.4, 0.5) is 0 Å². The Morgan fingerprint density at radius 1 is 1.10 bits per heavy atom. The van der Waals surface area contributed by atoms with Crippen LogP contribution >= 0.6 is 0 Å². The number of hydrogen-bond acceptors (Lipinski definition) is 8. The van der Waals surface area contributed by atoms with Crippen LogP contribution in [0.3, 0.4) is 0 Å². The number of aromatic hydroxyl groups is 2. The smallest absolute Gasteiger partial charge is 0.302 e. The highest BCUT2D eigenvalue weighted by molar-refractivity contribution is 5.65. The van der Waals surface area contributed by atoms with Crippen molar-refractivity contribution in [1.82, 2.24) is 0 Å². The number of aliphatic hydroxyl groups is 1. The Bertz CT molecular complexity index is 912. The minimum absolute atomic E-state index is 0.00133. The molecule has 0 radical (unpaired) electrons. The van der Waals surface area contributed by atoms with Gasteiger partial charge in [0.05, 0.1) is 39.5 Å². The molecule has 2 aromatic rings. The summed E-state index contributed by atoms with van der Waals surface area (Å²) < 4.78 is 21.5. The fourth-order valence-electron chi connectivity index (χ4n) is 3.76. The SMILES string of the molecule is COc1cc(C[C@@]2(O)CO[C@H](c3ccc(O)c(OC)c3)[C@H]2COC(C)=O)ccc1O. The van der Waals surface area contributed by atoms with E-state index in [1.807, 2.05) is 0 Å². The Morgan fingerprint density at radius 2 is 1.73 bits per heavy atom. The lowest BCUT2D eigenvalue weighted by Crippen LogP contribution is -2.42. The quantitative estimate of drug-likeness (QED) is 0.587. The van der Waals surface area contributed by atoms with Crippen LogP contribution < -0.4 is 9.47 Å². The van der Waals surface area contributed by atoms with Gasteiger partial charge in [0.2, 0.25) is 0 Å². The number of hydrogen-bond donors (Lipinski definition) is 3. The maximum Gasteiger partial charge on any atom is 0.302 e. The second-order valence-corrected chi connectivity index (χ2v) is 7.36. The van der Waals surface area contributed by atoms with E-state index in [1.54, 1.807) is 24.3 Å². The standard InChI is InChI=1S/C22H26O8/c1-13(23)29-11-16-21(15-5-7-18(25)20(9-15)28-3)30-12-22(16,26)10-14-4-6-17(24)19(8-14)27-2/h4-9,16,21,24-26H,10-12H2,1-3H3/t16-,21-,22-/m1/s1. The summed E-state index contributed by atoms with van der Waals surface area (Å²) in [5.74, 6) is -0.468. The minimum atomic E-state index is -1.34. The molecule has 0 aromatic heterocycles. The van der Waals surface area contributed by atoms with Crippen molar-refractivity contribution in [3.8, 4) is 23.0 Å². The molecule has 8 heteroatoms. The molecule has 0 spiro atoms. The zero-order chi connectivity index (χ0) is 21.9. The minimum Gasteiger partial charge on any atom is -0.504 e. The van der Waals surface area contributed by atoms with Gasteiger partial charge in [0.15, 0.2) is 23.0 Å². The third kappa shape index (κ3) is 4.44. The van der Waals surface area contributed by atoms with Crippen molar-refractivity contribution in [3.05, 3.63) is 47.5 Å². The zero-order valence-corrected chi connectivity index (χ0v) is 17.1. The van der Waals surface area contributed by atoms with Gasteiger partial charge in [-0.1, -0.05) is 12.1 Å². The van der Waals surface area contributed by atoms with Crippen LogP contribution in [0.5, 0.6) is 23.0 Å². The Morgan fingerprint density at radius 3 is 2.37 bits per heavy atom. The van der Waals surface area contributed by atoms with Crippen LogP contribution in [0.25, 0.3) is 0 Å². The number of ether oxygens (including phenoxy) is 4. The van der Waals surface area contributed by atoms with Gasteiger partial charge in [0.25, 0.3) is 0 Å². The third-order valence-electron chi connectivity index (χ3n) is 5.32. The van der Waals surface area contributed by atoms with Gasteiger partial charge < -0.3 is 34.3 Å². The predicted molar refractivity (Wildman–Crippen MR) is 107 cm³/mol. The predicted octanol–water partition coefficient (Wildman–Crippen LogP) is 2.34. The number of carbonyl (C=O) groups excluding carboxylic acids is 1. The molecule has 162 valence electrons. The first-order valence-electron chi connectivity index (χ1n) is 9.47. The summed E-state index contributed by atoms with van der Waals surface area (Å²) in [6, 6.07) is 9.64. The van der Waals surface area contributed by atoms with E-state index in [4.69, 9.17) is 18.9 Å². The average Bonchev–Trinajstić information content (AvgIpc) is 3.04. The molecule has 0 bridgehead atoms. The molecule has 1 fully saturated rings. The molecule has 3 atom stereocenters. The van der Waals surface area contributed by atoms with Gasteiger partial charge in [-0.15, -0.1) is 0 Å². The maximum atomic E-state index is 11.5. The van der Waals surface area contributed by atoms with Gasteiger partial charge in [-0.3, -0.25) is 4.79 Å². The topological polar surface area (TPSA) is 115 Å². The van der Waals surface area contributed by atoms with E-state index >= 15 is 0 Å². The van der Waals surface area contributed by atoms with Crippen LogP contribution in [0.1, 0.15) is 24.2 Å². The number of benzene rings is 2. The largest absolute Gasteiger partial charge is 0.504 e. The second kappa shape index (κ2) is 8.81. The Kier molecular flexibility index (Phi) is 6.38. The maximum absolute atomic E-state index is 11.5. The van der Waals surface area contributed by atoms with Crippen molar-refractivity contribution in [2.45, 2.75) is 25.0 Å². The molecule has 1 saturated heterocycles. The van der Waals surface area contributed by atoms with Gasteiger partial charge in [-0.2, -0.15) is 0 Å². The molecule has 8 nitrogen and oxygen atoms in total. The Labute approximate surface area is 174 Å². The van der Waals surface area contributed by atoms with E-state index in [2.05, 4.69) is 0 Å². The van der Waals surface area contributed by atoms with E-state index in [1.165, 1.54) is 33.3 Å². The molecule has 1 aliphatic rings. The number of esters is 1. The lowest BCUT2D eigenvalue weighted by atomic mass is 9.80. The van der Waals surface area contributed by atoms with E-state index < -0.39 is 23.6 Å². The monoisotopic (exact) mass is 418 g/mol. The summed E-state index contributed by atoms with van der Waals surface area (Å²) in [6.07, 6.45) is -0.385. The molecule has 3 rings (SSSR count). The highest BCUT2D eigenvalue weighted by atomic mass is 16.5. The van der Waals surface area contributed by atoms with Crippen molar-refractivity contribution in [1.29, 1.82) is 0 Å². The molecule has 1 aliphatic heterocycles. The first kappa shape index (κ1) is 21.7. The highest BCUT2D eigenvalue weighted by Gasteiger charge is 2.50. The van der Waals surface area contributed by atoms with Gasteiger partial charge in [-0.25, -0.2) is 0 Å². The fourth-order valence-corrected chi connectivity index (χ4v) is 3.76. The second-order valence-electron chi connectivity index (χ2n) is 7.36. The van der Waals surface area contributed by atoms with Crippen molar-refractivity contribution >= 4 is 5.97 Å². The van der Waals surface area contributed by atoms with Gasteiger partial charge >= 0.3 is 5.97 Å². The van der Waals surface area contributed by atoms with E-state index in [9.17, 15) is 20.1 Å². The van der Waals surface area contributed by atoms with Crippen molar-refractivity contribution in [3.63, 3.8) is 0 Å². The van der Waals surface area contributed by atoms with Gasteiger partial charge in [-0.05, 0) is 35.4 Å². The van der Waals surface area contributed by atoms with E-state index in [-0.39, 0.29) is 36.9 Å². The van der Waals surface area contributed by atoms with Gasteiger partial charge in [0, 0.05) is 13.3 Å².